The van der Waals surface area contributed by atoms with Crippen molar-refractivity contribution in [2.24, 2.45) is 5.92 Å². The van der Waals surface area contributed by atoms with Crippen LogP contribution in [0.5, 0.6) is 0 Å². The van der Waals surface area contributed by atoms with Gasteiger partial charge in [0.15, 0.2) is 0 Å². The third kappa shape index (κ3) is 2.72. The normalized spacial score (nSPS) is 23.8. The Morgan fingerprint density at radius 1 is 1.47 bits per heavy atom. The van der Waals surface area contributed by atoms with E-state index in [2.05, 4.69) is 72.0 Å². The van der Waals surface area contributed by atoms with Crippen LogP contribution in [-0.4, -0.2) is 11.8 Å². The van der Waals surface area contributed by atoms with Gasteiger partial charge >= 0.3 is 0 Å². The van der Waals surface area contributed by atoms with Crippen LogP contribution >= 0.6 is 27.7 Å². The molecule has 0 radical (unpaired) electrons. The minimum atomic E-state index is 0.492. The van der Waals surface area contributed by atoms with Gasteiger partial charge in [-0.25, -0.2) is 0 Å². The van der Waals surface area contributed by atoms with E-state index in [4.69, 9.17) is 0 Å². The summed E-state index contributed by atoms with van der Waals surface area (Å²) in [7, 11) is 0. The third-order valence-electron chi connectivity index (χ3n) is 3.32. The molecule has 1 aromatic rings. The maximum atomic E-state index is 3.68. The van der Waals surface area contributed by atoms with Crippen LogP contribution in [-0.2, 0) is 5.75 Å². The van der Waals surface area contributed by atoms with Crippen LogP contribution in [0, 0.1) is 5.92 Å². The molecule has 1 aliphatic rings. The van der Waals surface area contributed by atoms with E-state index in [1.807, 2.05) is 0 Å². The zero-order valence-corrected chi connectivity index (χ0v) is 13.1. The smallest absolute Gasteiger partial charge is 0.0446 e. The van der Waals surface area contributed by atoms with E-state index in [0.717, 1.165) is 12.3 Å². The Labute approximate surface area is 117 Å². The first-order valence-electron chi connectivity index (χ1n) is 6.27. The van der Waals surface area contributed by atoms with Gasteiger partial charge in [-0.1, -0.05) is 48.8 Å². The molecule has 0 spiro atoms. The lowest BCUT2D eigenvalue weighted by Crippen LogP contribution is -2.36. The first kappa shape index (κ1) is 13.4. The molecule has 0 fully saturated rings. The molecule has 2 atom stereocenters. The highest BCUT2D eigenvalue weighted by atomic mass is 79.9. The summed E-state index contributed by atoms with van der Waals surface area (Å²) in [4.78, 5) is 0. The maximum absolute atomic E-state index is 3.68. The molecule has 1 aromatic carbocycles. The van der Waals surface area contributed by atoms with Crippen molar-refractivity contribution in [2.45, 2.75) is 37.8 Å². The Kier molecular flexibility index (Phi) is 4.56. The summed E-state index contributed by atoms with van der Waals surface area (Å²) >= 11 is 5.76. The summed E-state index contributed by atoms with van der Waals surface area (Å²) in [5.74, 6) is 1.83. The van der Waals surface area contributed by atoms with E-state index in [-0.39, 0.29) is 0 Å². The summed E-state index contributed by atoms with van der Waals surface area (Å²) in [6, 6.07) is 7.08. The molecule has 3 heteroatoms. The average molecular weight is 314 g/mol. The van der Waals surface area contributed by atoms with Crippen LogP contribution in [0.4, 0.5) is 0 Å². The molecule has 1 N–H and O–H groups in total. The van der Waals surface area contributed by atoms with Crippen LogP contribution in [0.1, 0.15) is 37.9 Å². The molecule has 1 heterocycles. The highest BCUT2D eigenvalue weighted by molar-refractivity contribution is 9.10. The maximum Gasteiger partial charge on any atom is 0.0446 e. The summed E-state index contributed by atoms with van der Waals surface area (Å²) in [6.45, 7) is 7.87. The van der Waals surface area contributed by atoms with E-state index >= 15 is 0 Å². The number of hydrogen-bond acceptors (Lipinski definition) is 2. The van der Waals surface area contributed by atoms with Crippen molar-refractivity contribution in [3.8, 4) is 0 Å². The molecule has 0 aliphatic carbocycles. The molecule has 0 saturated carbocycles. The van der Waals surface area contributed by atoms with Crippen molar-refractivity contribution in [1.82, 2.24) is 5.32 Å². The van der Waals surface area contributed by atoms with E-state index < -0.39 is 0 Å². The number of halogens is 1. The van der Waals surface area contributed by atoms with Gasteiger partial charge in [-0.05, 0) is 29.7 Å². The highest BCUT2D eigenvalue weighted by Crippen LogP contribution is 2.43. The van der Waals surface area contributed by atoms with E-state index in [1.165, 1.54) is 15.6 Å². The van der Waals surface area contributed by atoms with Crippen LogP contribution in [0.25, 0.3) is 0 Å². The number of fused-ring (bicyclic) bond motifs is 1. The van der Waals surface area contributed by atoms with Crippen molar-refractivity contribution in [3.05, 3.63) is 33.8 Å². The Morgan fingerprint density at radius 3 is 2.88 bits per heavy atom. The zero-order valence-electron chi connectivity index (χ0n) is 10.7. The summed E-state index contributed by atoms with van der Waals surface area (Å²) < 4.78 is 1.26. The summed E-state index contributed by atoms with van der Waals surface area (Å²) in [6.07, 6.45) is 0. The van der Waals surface area contributed by atoms with Crippen molar-refractivity contribution >= 4 is 27.7 Å². The van der Waals surface area contributed by atoms with Gasteiger partial charge in [0.05, 0.1) is 0 Å². The summed E-state index contributed by atoms with van der Waals surface area (Å²) in [5, 5.41) is 4.34. The van der Waals surface area contributed by atoms with Crippen molar-refractivity contribution in [1.29, 1.82) is 0 Å². The zero-order chi connectivity index (χ0) is 12.4. The number of nitrogens with one attached hydrogen (secondary N) is 1. The van der Waals surface area contributed by atoms with Crippen molar-refractivity contribution in [2.75, 3.05) is 6.54 Å². The second-order valence-electron chi connectivity index (χ2n) is 4.86. The predicted molar refractivity (Wildman–Crippen MR) is 80.5 cm³/mol. The highest BCUT2D eigenvalue weighted by Gasteiger charge is 2.32. The Balaban J connectivity index is 2.38. The second-order valence-corrected chi connectivity index (χ2v) is 6.88. The Hall–Kier alpha value is 0.01000. The number of benzene rings is 1. The molecule has 0 amide bonds. The van der Waals surface area contributed by atoms with E-state index in [0.29, 0.717) is 17.2 Å². The molecule has 17 heavy (non-hydrogen) atoms. The van der Waals surface area contributed by atoms with Gasteiger partial charge in [-0.15, -0.1) is 0 Å². The standard InChI is InChI=1S/C14H20BrNS/c1-4-16-13-10-6-5-7-12(15)11(10)8-17-14(13)9(2)3/h5-7,9,13-14,16H,4,8H2,1-3H3. The van der Waals surface area contributed by atoms with Gasteiger partial charge in [0, 0.05) is 21.5 Å². The fraction of sp³-hybridized carbons (Fsp3) is 0.571. The van der Waals surface area contributed by atoms with E-state index in [9.17, 15) is 0 Å². The topological polar surface area (TPSA) is 12.0 Å². The van der Waals surface area contributed by atoms with Gasteiger partial charge in [0.2, 0.25) is 0 Å². The fourth-order valence-electron chi connectivity index (χ4n) is 2.50. The first-order chi connectivity index (χ1) is 8.15. The minimum absolute atomic E-state index is 0.492. The average Bonchev–Trinajstić information content (AvgIpc) is 2.30. The van der Waals surface area contributed by atoms with E-state index in [1.54, 1.807) is 0 Å². The Morgan fingerprint density at radius 2 is 2.24 bits per heavy atom. The number of thioether (sulfide) groups is 1. The molecule has 94 valence electrons. The predicted octanol–water partition coefficient (Wildman–Crippen LogP) is 4.37. The minimum Gasteiger partial charge on any atom is -0.309 e. The monoisotopic (exact) mass is 313 g/mol. The Bertz CT molecular complexity index is 392. The molecular formula is C14H20BrNS. The van der Waals surface area contributed by atoms with Gasteiger partial charge in [-0.3, -0.25) is 0 Å². The molecule has 0 aromatic heterocycles. The fourth-order valence-corrected chi connectivity index (χ4v) is 4.70. The molecule has 1 aliphatic heterocycles. The van der Waals surface area contributed by atoms with Gasteiger partial charge in [-0.2, -0.15) is 11.8 Å². The van der Waals surface area contributed by atoms with Crippen LogP contribution < -0.4 is 5.32 Å². The molecule has 1 nitrogen and oxygen atoms in total. The lowest BCUT2D eigenvalue weighted by Gasteiger charge is -2.36. The number of hydrogen-bond donors (Lipinski definition) is 1. The SMILES string of the molecule is CCNC1c2cccc(Br)c2CSC1C(C)C. The molecule has 2 rings (SSSR count). The van der Waals surface area contributed by atoms with Gasteiger partial charge < -0.3 is 5.32 Å². The molecular weight excluding hydrogens is 294 g/mol. The lowest BCUT2D eigenvalue weighted by atomic mass is 9.92. The molecule has 0 bridgehead atoms. The number of rotatable bonds is 3. The molecule has 2 unspecified atom stereocenters. The molecule has 0 saturated heterocycles. The van der Waals surface area contributed by atoms with Gasteiger partial charge in [0.1, 0.15) is 0 Å². The van der Waals surface area contributed by atoms with Gasteiger partial charge in [0.25, 0.3) is 0 Å². The second kappa shape index (κ2) is 5.77. The third-order valence-corrected chi connectivity index (χ3v) is 5.72. The summed E-state index contributed by atoms with van der Waals surface area (Å²) in [5.41, 5.74) is 2.96. The van der Waals surface area contributed by atoms with Crippen LogP contribution in [0.3, 0.4) is 0 Å². The van der Waals surface area contributed by atoms with Crippen LogP contribution in [0.2, 0.25) is 0 Å². The largest absolute Gasteiger partial charge is 0.309 e. The van der Waals surface area contributed by atoms with Crippen LogP contribution in [0.15, 0.2) is 22.7 Å². The first-order valence-corrected chi connectivity index (χ1v) is 8.11. The van der Waals surface area contributed by atoms with Crippen molar-refractivity contribution in [3.63, 3.8) is 0 Å². The lowest BCUT2D eigenvalue weighted by molar-refractivity contribution is 0.447. The quantitative estimate of drug-likeness (QED) is 0.889. The van der Waals surface area contributed by atoms with Crippen molar-refractivity contribution < 1.29 is 0 Å².